The summed E-state index contributed by atoms with van der Waals surface area (Å²) < 4.78 is 2.12. The highest BCUT2D eigenvalue weighted by atomic mass is 127. The van der Waals surface area contributed by atoms with Crippen LogP contribution in [-0.4, -0.2) is 24.0 Å². The molecular weight excluding hydrogens is 445 g/mol. The van der Waals surface area contributed by atoms with Crippen LogP contribution in [0.5, 0.6) is 0 Å². The zero-order chi connectivity index (χ0) is 15.1. The molecule has 0 saturated carbocycles. The summed E-state index contributed by atoms with van der Waals surface area (Å²) in [6.07, 6.45) is 2.57. The van der Waals surface area contributed by atoms with Gasteiger partial charge in [-0.25, -0.2) is 4.98 Å². The summed E-state index contributed by atoms with van der Waals surface area (Å²) in [5.74, 6) is 0.669. The summed E-state index contributed by atoms with van der Waals surface area (Å²) in [7, 11) is 0. The third-order valence-electron chi connectivity index (χ3n) is 2.78. The number of nitrogens with one attached hydrogen (secondary N) is 2. The van der Waals surface area contributed by atoms with E-state index in [0.29, 0.717) is 12.4 Å². The van der Waals surface area contributed by atoms with E-state index in [9.17, 15) is 4.79 Å². The van der Waals surface area contributed by atoms with Gasteiger partial charge in [-0.3, -0.25) is 4.79 Å². The number of nitrogens with zero attached hydrogens (tertiary/aromatic N) is 1. The van der Waals surface area contributed by atoms with Crippen LogP contribution in [0.15, 0.2) is 47.1 Å². The van der Waals surface area contributed by atoms with Gasteiger partial charge in [0.1, 0.15) is 5.82 Å². The molecule has 2 N–H and O–H groups in total. The first kappa shape index (κ1) is 16.2. The van der Waals surface area contributed by atoms with Gasteiger partial charge in [0.05, 0.1) is 6.54 Å². The van der Waals surface area contributed by atoms with E-state index in [0.717, 1.165) is 14.5 Å². The number of halogens is 2. The lowest BCUT2D eigenvalue weighted by atomic mass is 10.1. The summed E-state index contributed by atoms with van der Waals surface area (Å²) in [6.45, 7) is 0.850. The zero-order valence-electron chi connectivity index (χ0n) is 11.3. The van der Waals surface area contributed by atoms with Gasteiger partial charge in [0.25, 0.3) is 0 Å². The Morgan fingerprint density at radius 3 is 2.86 bits per heavy atom. The second-order valence-electron chi connectivity index (χ2n) is 4.45. The number of amides is 1. The third kappa shape index (κ3) is 6.01. The molecule has 1 amide bonds. The summed E-state index contributed by atoms with van der Waals surface area (Å²) in [5, 5.41) is 5.88. The first-order chi connectivity index (χ1) is 10.1. The Kier molecular flexibility index (Phi) is 6.44. The smallest absolute Gasteiger partial charge is 0.239 e. The fourth-order valence-electron chi connectivity index (χ4n) is 1.75. The highest BCUT2D eigenvalue weighted by molar-refractivity contribution is 14.1. The Hall–Kier alpha value is -1.15. The Bertz CT molecular complexity index is 604. The first-order valence-electron chi connectivity index (χ1n) is 6.50. The number of aromatic nitrogens is 1. The van der Waals surface area contributed by atoms with Crippen molar-refractivity contribution in [1.29, 1.82) is 0 Å². The minimum Gasteiger partial charge on any atom is -0.361 e. The number of benzene rings is 1. The molecule has 0 bridgehead atoms. The van der Waals surface area contributed by atoms with Crippen LogP contribution in [0.2, 0.25) is 0 Å². The average Bonchev–Trinajstić information content (AvgIpc) is 2.47. The molecule has 21 heavy (non-hydrogen) atoms. The number of hydrogen-bond donors (Lipinski definition) is 2. The Morgan fingerprint density at radius 1 is 1.29 bits per heavy atom. The monoisotopic (exact) mass is 459 g/mol. The molecule has 6 heteroatoms. The van der Waals surface area contributed by atoms with Crippen molar-refractivity contribution in [3.05, 3.63) is 56.2 Å². The Balaban J connectivity index is 1.69. The topological polar surface area (TPSA) is 54.0 Å². The second-order valence-corrected chi connectivity index (χ2v) is 6.61. The normalized spacial score (nSPS) is 10.2. The lowest BCUT2D eigenvalue weighted by molar-refractivity contribution is -0.119. The quantitative estimate of drug-likeness (QED) is 0.652. The van der Waals surface area contributed by atoms with Crippen molar-refractivity contribution in [2.45, 2.75) is 6.42 Å². The van der Waals surface area contributed by atoms with E-state index in [1.54, 1.807) is 6.20 Å². The van der Waals surface area contributed by atoms with Gasteiger partial charge in [0.15, 0.2) is 0 Å². The molecule has 0 fully saturated rings. The number of hydrogen-bond acceptors (Lipinski definition) is 3. The van der Waals surface area contributed by atoms with Crippen LogP contribution >= 0.6 is 38.5 Å². The minimum absolute atomic E-state index is 0.0367. The third-order valence-corrected chi connectivity index (χ3v) is 3.91. The van der Waals surface area contributed by atoms with Gasteiger partial charge in [-0.05, 0) is 58.8 Å². The lowest BCUT2D eigenvalue weighted by Crippen LogP contribution is -2.31. The maximum Gasteiger partial charge on any atom is 0.239 e. The van der Waals surface area contributed by atoms with E-state index >= 15 is 0 Å². The van der Waals surface area contributed by atoms with E-state index in [4.69, 9.17) is 0 Å². The predicted octanol–water partition coefficient (Wildman–Crippen LogP) is 3.22. The van der Waals surface area contributed by atoms with Gasteiger partial charge in [-0.1, -0.05) is 28.1 Å². The molecule has 110 valence electrons. The minimum atomic E-state index is -0.0367. The van der Waals surface area contributed by atoms with Crippen LogP contribution in [-0.2, 0) is 11.2 Å². The second kappa shape index (κ2) is 8.33. The first-order valence-corrected chi connectivity index (χ1v) is 8.37. The van der Waals surface area contributed by atoms with Crippen molar-refractivity contribution in [3.8, 4) is 0 Å². The maximum absolute atomic E-state index is 11.7. The molecular formula is C15H15BrIN3O. The van der Waals surface area contributed by atoms with Gasteiger partial charge in [0, 0.05) is 20.8 Å². The molecule has 0 aliphatic carbocycles. The molecule has 2 aromatic rings. The number of anilines is 1. The van der Waals surface area contributed by atoms with E-state index < -0.39 is 0 Å². The molecule has 0 aliphatic heterocycles. The van der Waals surface area contributed by atoms with E-state index in [1.807, 2.05) is 30.3 Å². The molecule has 0 spiro atoms. The van der Waals surface area contributed by atoms with Crippen LogP contribution in [0.3, 0.4) is 0 Å². The van der Waals surface area contributed by atoms with Crippen LogP contribution in [0.1, 0.15) is 5.56 Å². The van der Waals surface area contributed by atoms with E-state index in [-0.39, 0.29) is 12.5 Å². The molecule has 0 aliphatic rings. The van der Waals surface area contributed by atoms with Gasteiger partial charge in [-0.2, -0.15) is 0 Å². The van der Waals surface area contributed by atoms with Gasteiger partial charge >= 0.3 is 0 Å². The van der Waals surface area contributed by atoms with Crippen LogP contribution in [0.4, 0.5) is 5.82 Å². The molecule has 0 saturated heterocycles. The summed E-state index contributed by atoms with van der Waals surface area (Å²) >= 11 is 5.63. The van der Waals surface area contributed by atoms with Crippen LogP contribution < -0.4 is 10.6 Å². The zero-order valence-corrected chi connectivity index (χ0v) is 15.0. The standard InChI is InChI=1S/C15H15BrIN3O/c16-12-3-1-2-11(8-12)6-7-18-15(21)10-20-14-5-4-13(17)9-19-14/h1-5,8-9H,6-7,10H2,(H,18,21)(H,19,20). The number of carbonyl (C=O) groups is 1. The molecule has 0 atom stereocenters. The van der Waals surface area contributed by atoms with Crippen molar-refractivity contribution in [2.75, 3.05) is 18.4 Å². The van der Waals surface area contributed by atoms with Crippen LogP contribution in [0, 0.1) is 3.57 Å². The van der Waals surface area contributed by atoms with Crippen molar-refractivity contribution < 1.29 is 4.79 Å². The van der Waals surface area contributed by atoms with Crippen molar-refractivity contribution in [1.82, 2.24) is 10.3 Å². The summed E-state index contributed by atoms with van der Waals surface area (Å²) in [6, 6.07) is 11.9. The van der Waals surface area contributed by atoms with Crippen LogP contribution in [0.25, 0.3) is 0 Å². The van der Waals surface area contributed by atoms with Gasteiger partial charge in [0.2, 0.25) is 5.91 Å². The van der Waals surface area contributed by atoms with Crippen molar-refractivity contribution in [2.24, 2.45) is 0 Å². The van der Waals surface area contributed by atoms with Crippen molar-refractivity contribution >= 4 is 50.2 Å². The lowest BCUT2D eigenvalue weighted by Gasteiger charge is -2.07. The average molecular weight is 460 g/mol. The molecule has 2 rings (SSSR count). The van der Waals surface area contributed by atoms with E-state index in [1.165, 1.54) is 5.56 Å². The van der Waals surface area contributed by atoms with Crippen molar-refractivity contribution in [3.63, 3.8) is 0 Å². The Labute approximate surface area is 146 Å². The molecule has 1 aromatic heterocycles. The SMILES string of the molecule is O=C(CNc1ccc(I)cn1)NCCc1cccc(Br)c1. The molecule has 4 nitrogen and oxygen atoms in total. The fourth-order valence-corrected chi connectivity index (χ4v) is 2.52. The van der Waals surface area contributed by atoms with E-state index in [2.05, 4.69) is 60.2 Å². The highest BCUT2D eigenvalue weighted by Crippen LogP contribution is 2.11. The van der Waals surface area contributed by atoms with Gasteiger partial charge < -0.3 is 10.6 Å². The number of carbonyl (C=O) groups excluding carboxylic acids is 1. The molecule has 1 heterocycles. The Morgan fingerprint density at radius 2 is 2.14 bits per heavy atom. The largest absolute Gasteiger partial charge is 0.361 e. The van der Waals surface area contributed by atoms with Gasteiger partial charge in [-0.15, -0.1) is 0 Å². The number of rotatable bonds is 6. The highest BCUT2D eigenvalue weighted by Gasteiger charge is 2.02. The molecule has 0 radical (unpaired) electrons. The predicted molar refractivity (Wildman–Crippen MR) is 96.3 cm³/mol. The summed E-state index contributed by atoms with van der Waals surface area (Å²) in [4.78, 5) is 15.9. The molecule has 0 unspecified atom stereocenters. The maximum atomic E-state index is 11.7. The summed E-state index contributed by atoms with van der Waals surface area (Å²) in [5.41, 5.74) is 1.19. The fraction of sp³-hybridized carbons (Fsp3) is 0.200. The number of pyridine rings is 1. The molecule has 1 aromatic carbocycles.